The summed E-state index contributed by atoms with van der Waals surface area (Å²) in [7, 11) is 0. The van der Waals surface area contributed by atoms with Crippen molar-refractivity contribution in [1.29, 1.82) is 0 Å². The van der Waals surface area contributed by atoms with Crippen molar-refractivity contribution in [2.45, 2.75) is 53.1 Å². The summed E-state index contributed by atoms with van der Waals surface area (Å²) in [6.45, 7) is 13.7. The molecule has 1 fully saturated rings. The maximum absolute atomic E-state index is 3.47. The maximum atomic E-state index is 3.47. The van der Waals surface area contributed by atoms with E-state index in [-0.39, 0.29) is 0 Å². The largest absolute Gasteiger partial charge is 0.368 e. The average molecular weight is 274 g/mol. The minimum atomic E-state index is 0.436. The third kappa shape index (κ3) is 3.35. The first-order valence-corrected chi connectivity index (χ1v) is 8.12. The Morgan fingerprint density at radius 2 is 1.85 bits per heavy atom. The Labute approximate surface area is 124 Å². The second-order valence-corrected chi connectivity index (χ2v) is 6.58. The minimum Gasteiger partial charge on any atom is -0.368 e. The topological polar surface area (TPSA) is 15.3 Å². The van der Waals surface area contributed by atoms with E-state index in [9.17, 15) is 0 Å². The molecule has 20 heavy (non-hydrogen) atoms. The molecule has 0 radical (unpaired) electrons. The van der Waals surface area contributed by atoms with Crippen molar-refractivity contribution in [1.82, 2.24) is 5.32 Å². The lowest BCUT2D eigenvalue weighted by Gasteiger charge is -2.42. The van der Waals surface area contributed by atoms with Crippen LogP contribution in [0.1, 0.15) is 52.6 Å². The van der Waals surface area contributed by atoms with Gasteiger partial charge in [0.1, 0.15) is 0 Å². The van der Waals surface area contributed by atoms with E-state index in [1.54, 1.807) is 0 Å². The average Bonchev–Trinajstić information content (AvgIpc) is 2.43. The van der Waals surface area contributed by atoms with Gasteiger partial charge in [0.05, 0.1) is 0 Å². The second-order valence-electron chi connectivity index (χ2n) is 6.58. The van der Waals surface area contributed by atoms with Crippen molar-refractivity contribution in [3.8, 4) is 0 Å². The van der Waals surface area contributed by atoms with Crippen LogP contribution in [0.25, 0.3) is 0 Å². The lowest BCUT2D eigenvalue weighted by atomic mass is 9.85. The highest BCUT2D eigenvalue weighted by Crippen LogP contribution is 2.31. The van der Waals surface area contributed by atoms with Crippen molar-refractivity contribution < 1.29 is 0 Å². The molecule has 1 N–H and O–H groups in total. The van der Waals surface area contributed by atoms with Gasteiger partial charge in [0, 0.05) is 24.3 Å². The monoisotopic (exact) mass is 274 g/mol. The van der Waals surface area contributed by atoms with Crippen LogP contribution in [0, 0.1) is 11.8 Å². The molecule has 0 amide bonds. The molecular formula is C18H30N2. The van der Waals surface area contributed by atoms with Gasteiger partial charge < -0.3 is 10.2 Å². The number of hydrogen-bond acceptors (Lipinski definition) is 2. The Balaban J connectivity index is 2.12. The SMILES string of the molecule is CCNC(C)c1ccc(N2CC(C)CC(C)C2C)cc1. The van der Waals surface area contributed by atoms with E-state index in [0.29, 0.717) is 12.1 Å². The van der Waals surface area contributed by atoms with Crippen molar-refractivity contribution in [3.63, 3.8) is 0 Å². The van der Waals surface area contributed by atoms with E-state index in [0.717, 1.165) is 18.4 Å². The first-order chi connectivity index (χ1) is 9.52. The van der Waals surface area contributed by atoms with Crippen LogP contribution in [0.3, 0.4) is 0 Å². The van der Waals surface area contributed by atoms with Crippen LogP contribution in [0.15, 0.2) is 24.3 Å². The quantitative estimate of drug-likeness (QED) is 0.884. The highest BCUT2D eigenvalue weighted by Gasteiger charge is 2.28. The standard InChI is InChI=1S/C18H30N2/c1-6-19-15(4)17-7-9-18(10-8-17)20-12-13(2)11-14(3)16(20)5/h7-10,13-16,19H,6,11-12H2,1-5H3. The summed E-state index contributed by atoms with van der Waals surface area (Å²) in [5.74, 6) is 1.57. The van der Waals surface area contributed by atoms with Gasteiger partial charge in [-0.2, -0.15) is 0 Å². The zero-order valence-corrected chi connectivity index (χ0v) is 13.7. The molecule has 1 saturated heterocycles. The number of benzene rings is 1. The molecule has 112 valence electrons. The third-order valence-electron chi connectivity index (χ3n) is 4.83. The van der Waals surface area contributed by atoms with E-state index in [4.69, 9.17) is 0 Å². The molecule has 0 bridgehead atoms. The molecule has 0 spiro atoms. The van der Waals surface area contributed by atoms with Gasteiger partial charge in [0.15, 0.2) is 0 Å². The van der Waals surface area contributed by atoms with Crippen LogP contribution in [-0.4, -0.2) is 19.1 Å². The number of hydrogen-bond donors (Lipinski definition) is 1. The zero-order valence-electron chi connectivity index (χ0n) is 13.7. The number of nitrogens with zero attached hydrogens (tertiary/aromatic N) is 1. The fourth-order valence-electron chi connectivity index (χ4n) is 3.43. The first kappa shape index (κ1) is 15.4. The summed E-state index contributed by atoms with van der Waals surface area (Å²) in [6, 6.07) is 10.2. The first-order valence-electron chi connectivity index (χ1n) is 8.12. The molecule has 1 aliphatic rings. The van der Waals surface area contributed by atoms with Crippen LogP contribution in [0.2, 0.25) is 0 Å². The molecule has 0 aromatic heterocycles. The minimum absolute atomic E-state index is 0.436. The normalized spacial score (nSPS) is 28.4. The Morgan fingerprint density at radius 3 is 2.45 bits per heavy atom. The maximum Gasteiger partial charge on any atom is 0.0369 e. The zero-order chi connectivity index (χ0) is 14.7. The van der Waals surface area contributed by atoms with Crippen LogP contribution in [-0.2, 0) is 0 Å². The molecule has 1 aromatic rings. The molecule has 1 aliphatic heterocycles. The smallest absolute Gasteiger partial charge is 0.0369 e. The molecule has 1 aromatic carbocycles. The fraction of sp³-hybridized carbons (Fsp3) is 0.667. The van der Waals surface area contributed by atoms with Gasteiger partial charge in [-0.15, -0.1) is 0 Å². The van der Waals surface area contributed by atoms with E-state index < -0.39 is 0 Å². The summed E-state index contributed by atoms with van der Waals surface area (Å²) >= 11 is 0. The summed E-state index contributed by atoms with van der Waals surface area (Å²) in [4.78, 5) is 2.58. The second kappa shape index (κ2) is 6.62. The molecule has 4 unspecified atom stereocenters. The summed E-state index contributed by atoms with van der Waals surface area (Å²) in [5.41, 5.74) is 2.75. The van der Waals surface area contributed by atoms with Gasteiger partial charge in [0.25, 0.3) is 0 Å². The van der Waals surface area contributed by atoms with E-state index in [1.165, 1.54) is 24.2 Å². The molecule has 1 heterocycles. The van der Waals surface area contributed by atoms with E-state index in [1.807, 2.05) is 0 Å². The van der Waals surface area contributed by atoms with Crippen LogP contribution >= 0.6 is 0 Å². The van der Waals surface area contributed by atoms with E-state index in [2.05, 4.69) is 69.1 Å². The van der Waals surface area contributed by atoms with Crippen molar-refractivity contribution in [2.75, 3.05) is 18.0 Å². The number of piperidine rings is 1. The molecular weight excluding hydrogens is 244 g/mol. The van der Waals surface area contributed by atoms with Crippen molar-refractivity contribution in [2.24, 2.45) is 11.8 Å². The third-order valence-corrected chi connectivity index (χ3v) is 4.83. The van der Waals surface area contributed by atoms with Crippen molar-refractivity contribution >= 4 is 5.69 Å². The lowest BCUT2D eigenvalue weighted by Crippen LogP contribution is -2.45. The molecule has 2 rings (SSSR count). The number of rotatable bonds is 4. The van der Waals surface area contributed by atoms with Crippen molar-refractivity contribution in [3.05, 3.63) is 29.8 Å². The van der Waals surface area contributed by atoms with Gasteiger partial charge in [-0.3, -0.25) is 0 Å². The van der Waals surface area contributed by atoms with Crippen LogP contribution < -0.4 is 10.2 Å². The van der Waals surface area contributed by atoms with Crippen LogP contribution in [0.5, 0.6) is 0 Å². The molecule has 0 saturated carbocycles. The molecule has 2 heteroatoms. The summed E-state index contributed by atoms with van der Waals surface area (Å²) in [5, 5.41) is 3.47. The predicted molar refractivity (Wildman–Crippen MR) is 88.3 cm³/mol. The Morgan fingerprint density at radius 1 is 1.20 bits per heavy atom. The number of nitrogens with one attached hydrogen (secondary N) is 1. The molecule has 2 nitrogen and oxygen atoms in total. The lowest BCUT2D eigenvalue weighted by molar-refractivity contribution is 0.297. The highest BCUT2D eigenvalue weighted by molar-refractivity contribution is 5.49. The van der Waals surface area contributed by atoms with E-state index >= 15 is 0 Å². The van der Waals surface area contributed by atoms with Gasteiger partial charge in [0.2, 0.25) is 0 Å². The Bertz CT molecular complexity index is 412. The van der Waals surface area contributed by atoms with Gasteiger partial charge in [-0.1, -0.05) is 32.9 Å². The van der Waals surface area contributed by atoms with Crippen LogP contribution in [0.4, 0.5) is 5.69 Å². The number of anilines is 1. The van der Waals surface area contributed by atoms with Gasteiger partial charge in [-0.05, 0) is 56.3 Å². The fourth-order valence-corrected chi connectivity index (χ4v) is 3.43. The van der Waals surface area contributed by atoms with Gasteiger partial charge >= 0.3 is 0 Å². The molecule has 4 atom stereocenters. The Hall–Kier alpha value is -1.02. The Kier molecular flexibility index (Phi) is 5.09. The predicted octanol–water partition coefficient (Wildman–Crippen LogP) is 4.23. The summed E-state index contributed by atoms with van der Waals surface area (Å²) in [6.07, 6.45) is 1.35. The van der Waals surface area contributed by atoms with Gasteiger partial charge in [-0.25, -0.2) is 0 Å². The summed E-state index contributed by atoms with van der Waals surface area (Å²) < 4.78 is 0. The molecule has 0 aliphatic carbocycles. The highest BCUT2D eigenvalue weighted by atomic mass is 15.2.